The highest BCUT2D eigenvalue weighted by Crippen LogP contribution is 2.49. The maximum absolute atomic E-state index is 12.9. The van der Waals surface area contributed by atoms with E-state index >= 15 is 0 Å². The summed E-state index contributed by atoms with van der Waals surface area (Å²) in [6.45, 7) is 13.4. The van der Waals surface area contributed by atoms with Crippen molar-refractivity contribution in [3.8, 4) is 11.5 Å². The van der Waals surface area contributed by atoms with Gasteiger partial charge in [-0.15, -0.1) is 10.2 Å². The number of methoxy groups -OCH3 is 2. The fourth-order valence-corrected chi connectivity index (χ4v) is 10.3. The number of likely N-dealkylation sites (N-methyl/N-ethyl adjacent to an activating group) is 1. The van der Waals surface area contributed by atoms with Gasteiger partial charge in [-0.05, 0) is 91.9 Å². The molecule has 0 radical (unpaired) electrons. The number of phosphoric acid groups is 1. The SMILES string of the molecule is CCN1c2ccccc2C(C)(C)C1/C=C/C=C/C=C1/N(CCCCCOP(=O)(O)OCCN(CCO)c2ccc(/N=N/c3cc(OC)c(/N=N/c4ccc([N+](=O)[O-])cc4)cc3OC)cc2)c2ccccc2C1(C)C. The first-order chi connectivity index (χ1) is 35.6. The van der Waals surface area contributed by atoms with Crippen molar-refractivity contribution in [2.24, 2.45) is 20.5 Å². The molecule has 74 heavy (non-hydrogen) atoms. The predicted molar refractivity (Wildman–Crippen MR) is 292 cm³/mol. The molecule has 0 aliphatic carbocycles. The summed E-state index contributed by atoms with van der Waals surface area (Å²) in [6.07, 6.45) is 13.2. The fourth-order valence-electron chi connectivity index (χ4n) is 9.58. The Morgan fingerprint density at radius 3 is 1.95 bits per heavy atom. The van der Waals surface area contributed by atoms with Gasteiger partial charge in [-0.3, -0.25) is 19.2 Å². The predicted octanol–water partition coefficient (Wildman–Crippen LogP) is 13.5. The maximum atomic E-state index is 12.9. The lowest BCUT2D eigenvalue weighted by Crippen LogP contribution is -2.39. The average Bonchev–Trinajstić information content (AvgIpc) is 3.75. The number of ether oxygens (including phenoxy) is 2. The number of benzene rings is 5. The quantitative estimate of drug-likeness (QED) is 0.0140. The van der Waals surface area contributed by atoms with Gasteiger partial charge in [0.25, 0.3) is 5.69 Å². The molecule has 0 saturated carbocycles. The summed E-state index contributed by atoms with van der Waals surface area (Å²) in [5, 5.41) is 37.9. The lowest BCUT2D eigenvalue weighted by atomic mass is 9.80. The number of nitro benzene ring substituents is 1. The standard InChI is InChI=1S/C56H67N8O9P/c1-8-62-49-21-15-13-19-45(49)55(2,3)53(62)23-11-9-12-24-54-56(4,5)46-20-14-16-22-50(46)63(54)33-17-10-18-37-72-74(68,69)73-38-35-61(34-36-65)43-29-25-41(26-30-43)57-59-47-39-52(71-7)48(40-51(47)70-6)60-58-42-27-31-44(32-28-42)64(66)67/h9,11-16,19-32,39-40,53,65H,8,10,17-18,33-38H2,1-7H3,(H,68,69)/b12-9+,23-11+,54-24+,59-57+,60-58+. The maximum Gasteiger partial charge on any atom is 0.472 e. The Hall–Kier alpha value is -7.01. The number of aliphatic hydroxyl groups excluding tert-OH is 1. The van der Waals surface area contributed by atoms with Gasteiger partial charge in [0.1, 0.15) is 22.9 Å². The van der Waals surface area contributed by atoms with E-state index in [2.05, 4.69) is 144 Å². The van der Waals surface area contributed by atoms with Crippen molar-refractivity contribution in [3.05, 3.63) is 167 Å². The molecule has 0 saturated heterocycles. The van der Waals surface area contributed by atoms with E-state index in [1.54, 1.807) is 36.4 Å². The molecule has 0 aromatic heterocycles. The first-order valence-corrected chi connectivity index (χ1v) is 26.3. The third-order valence-electron chi connectivity index (χ3n) is 13.5. The fraction of sp³-hybridized carbons (Fsp3) is 0.357. The number of non-ortho nitro benzene ring substituents is 1. The van der Waals surface area contributed by atoms with Gasteiger partial charge >= 0.3 is 7.82 Å². The minimum Gasteiger partial charge on any atom is -0.494 e. The van der Waals surface area contributed by atoms with Crippen molar-refractivity contribution >= 4 is 53.3 Å². The number of unbranched alkanes of at least 4 members (excludes halogenated alkanes) is 2. The molecule has 17 nitrogen and oxygen atoms in total. The highest BCUT2D eigenvalue weighted by atomic mass is 31.2. The third kappa shape index (κ3) is 13.0. The van der Waals surface area contributed by atoms with Crippen molar-refractivity contribution in [1.82, 2.24) is 0 Å². The molecule has 5 aromatic carbocycles. The van der Waals surface area contributed by atoms with Crippen LogP contribution in [0.25, 0.3) is 0 Å². The third-order valence-corrected chi connectivity index (χ3v) is 14.5. The van der Waals surface area contributed by atoms with E-state index in [0.717, 1.165) is 31.6 Å². The summed E-state index contributed by atoms with van der Waals surface area (Å²) in [5.41, 5.74) is 8.52. The van der Waals surface area contributed by atoms with Crippen molar-refractivity contribution < 1.29 is 38.0 Å². The number of fused-ring (bicyclic) bond motifs is 2. The molecule has 0 spiro atoms. The van der Waals surface area contributed by atoms with Crippen LogP contribution in [0, 0.1) is 10.1 Å². The van der Waals surface area contributed by atoms with Crippen LogP contribution in [0.5, 0.6) is 11.5 Å². The lowest BCUT2D eigenvalue weighted by molar-refractivity contribution is -0.384. The van der Waals surface area contributed by atoms with Crippen LogP contribution in [0.4, 0.5) is 45.5 Å². The van der Waals surface area contributed by atoms with Gasteiger partial charge in [-0.2, -0.15) is 10.2 Å². The number of azo groups is 2. The van der Waals surface area contributed by atoms with Crippen LogP contribution in [0.15, 0.2) is 166 Å². The Morgan fingerprint density at radius 2 is 1.34 bits per heavy atom. The molecule has 2 unspecified atom stereocenters. The number of hydrogen-bond acceptors (Lipinski definition) is 15. The number of aliphatic hydroxyl groups is 1. The minimum absolute atomic E-state index is 0.00440. The topological polar surface area (TPSA) is 197 Å². The Kier molecular flexibility index (Phi) is 18.4. The molecule has 18 heteroatoms. The lowest BCUT2D eigenvalue weighted by Gasteiger charge is -2.31. The van der Waals surface area contributed by atoms with E-state index in [9.17, 15) is 24.7 Å². The first kappa shape index (κ1) is 54.8. The second-order valence-electron chi connectivity index (χ2n) is 18.9. The zero-order valence-electron chi connectivity index (χ0n) is 43.2. The molecule has 2 aliphatic rings. The summed E-state index contributed by atoms with van der Waals surface area (Å²) in [7, 11) is -1.39. The molecule has 5 aromatic rings. The zero-order chi connectivity index (χ0) is 52.9. The number of anilines is 3. The Balaban J connectivity index is 0.875. The molecule has 2 atom stereocenters. The molecule has 2 heterocycles. The number of phosphoric ester groups is 1. The number of hydrogen-bond donors (Lipinski definition) is 2. The Labute approximate surface area is 433 Å². The zero-order valence-corrected chi connectivity index (χ0v) is 44.1. The van der Waals surface area contributed by atoms with Crippen molar-refractivity contribution in [2.45, 2.75) is 70.8 Å². The van der Waals surface area contributed by atoms with Crippen molar-refractivity contribution in [3.63, 3.8) is 0 Å². The van der Waals surface area contributed by atoms with Gasteiger partial charge in [0, 0.05) is 84.0 Å². The molecular weight excluding hydrogens is 960 g/mol. The number of rotatable bonds is 25. The number of nitro groups is 1. The Bertz CT molecular complexity index is 2920. The molecule has 2 N–H and O–H groups in total. The molecule has 0 amide bonds. The van der Waals surface area contributed by atoms with E-state index in [-0.39, 0.29) is 55.5 Å². The van der Waals surface area contributed by atoms with E-state index in [4.69, 9.17) is 18.5 Å². The monoisotopic (exact) mass is 1030 g/mol. The van der Waals surface area contributed by atoms with Crippen molar-refractivity contribution in [2.75, 3.05) is 74.9 Å². The van der Waals surface area contributed by atoms with Crippen LogP contribution < -0.4 is 24.2 Å². The van der Waals surface area contributed by atoms with Crippen LogP contribution in [0.2, 0.25) is 0 Å². The van der Waals surface area contributed by atoms with E-state index in [0.29, 0.717) is 40.7 Å². The number of nitrogens with zero attached hydrogens (tertiary/aromatic N) is 8. The van der Waals surface area contributed by atoms with E-state index < -0.39 is 12.7 Å². The summed E-state index contributed by atoms with van der Waals surface area (Å²) < 4.78 is 34.7. The normalized spacial score (nSPS) is 17.2. The van der Waals surface area contributed by atoms with Crippen LogP contribution in [-0.2, 0) is 24.4 Å². The van der Waals surface area contributed by atoms with Crippen LogP contribution in [-0.4, -0.2) is 81.2 Å². The first-order valence-electron chi connectivity index (χ1n) is 24.8. The number of allylic oxidation sites excluding steroid dienone is 5. The van der Waals surface area contributed by atoms with Crippen LogP contribution in [0.3, 0.4) is 0 Å². The second kappa shape index (κ2) is 24.8. The van der Waals surface area contributed by atoms with Gasteiger partial charge in [-0.25, -0.2) is 4.57 Å². The summed E-state index contributed by atoms with van der Waals surface area (Å²) in [4.78, 5) is 27.7. The Morgan fingerprint density at radius 1 is 0.743 bits per heavy atom. The number of para-hydroxylation sites is 2. The van der Waals surface area contributed by atoms with Crippen molar-refractivity contribution in [1.29, 1.82) is 0 Å². The molecule has 0 bridgehead atoms. The highest BCUT2D eigenvalue weighted by molar-refractivity contribution is 7.47. The molecule has 0 fully saturated rings. The average molecular weight is 1030 g/mol. The second-order valence-corrected chi connectivity index (χ2v) is 20.3. The smallest absolute Gasteiger partial charge is 0.472 e. The minimum atomic E-state index is -4.34. The summed E-state index contributed by atoms with van der Waals surface area (Å²) in [6, 6.07) is 33.5. The largest absolute Gasteiger partial charge is 0.494 e. The van der Waals surface area contributed by atoms with Gasteiger partial charge in [0.05, 0.1) is 56.4 Å². The van der Waals surface area contributed by atoms with Gasteiger partial charge in [0.2, 0.25) is 0 Å². The van der Waals surface area contributed by atoms with E-state index in [1.165, 1.54) is 66.7 Å². The van der Waals surface area contributed by atoms with Crippen LogP contribution >= 0.6 is 7.82 Å². The molecule has 2 aliphatic heterocycles. The molecule has 390 valence electrons. The van der Waals surface area contributed by atoms with Crippen LogP contribution in [0.1, 0.15) is 65.0 Å². The van der Waals surface area contributed by atoms with E-state index in [1.807, 2.05) is 4.90 Å². The highest BCUT2D eigenvalue weighted by Gasteiger charge is 2.42. The van der Waals surface area contributed by atoms with Gasteiger partial charge < -0.3 is 34.2 Å². The molecule has 7 rings (SSSR count). The molecular formula is C56H67N8O9P. The summed E-state index contributed by atoms with van der Waals surface area (Å²) >= 11 is 0. The summed E-state index contributed by atoms with van der Waals surface area (Å²) in [5.74, 6) is 0.699. The van der Waals surface area contributed by atoms with Gasteiger partial charge in [0.15, 0.2) is 0 Å². The van der Waals surface area contributed by atoms with Gasteiger partial charge in [-0.1, -0.05) is 88.4 Å².